The van der Waals surface area contributed by atoms with Crippen LogP contribution in [0.15, 0.2) is 9.32 Å². The SMILES string of the molecule is CC(=O)NCCc1noc(=O)[nH]1. The molecule has 1 amide bonds. The van der Waals surface area contributed by atoms with Gasteiger partial charge in [0.1, 0.15) is 0 Å². The first-order valence-corrected chi connectivity index (χ1v) is 3.48. The number of H-pyrrole nitrogens is 1. The van der Waals surface area contributed by atoms with Crippen molar-refractivity contribution in [3.8, 4) is 0 Å². The molecule has 0 aliphatic carbocycles. The van der Waals surface area contributed by atoms with Crippen molar-refractivity contribution in [2.75, 3.05) is 6.54 Å². The van der Waals surface area contributed by atoms with Gasteiger partial charge in [-0.25, -0.2) is 4.79 Å². The fraction of sp³-hybridized carbons (Fsp3) is 0.500. The van der Waals surface area contributed by atoms with Crippen molar-refractivity contribution in [1.82, 2.24) is 15.5 Å². The van der Waals surface area contributed by atoms with Crippen LogP contribution in [-0.2, 0) is 11.2 Å². The predicted molar refractivity (Wildman–Crippen MR) is 39.5 cm³/mol. The molecular formula is C6H9N3O3. The third-order valence-corrected chi connectivity index (χ3v) is 1.22. The van der Waals surface area contributed by atoms with E-state index in [1.165, 1.54) is 6.92 Å². The molecule has 1 aromatic rings. The van der Waals surface area contributed by atoms with Gasteiger partial charge < -0.3 is 5.32 Å². The summed E-state index contributed by atoms with van der Waals surface area (Å²) in [6.07, 6.45) is 0.464. The van der Waals surface area contributed by atoms with E-state index in [2.05, 4.69) is 20.0 Å². The number of aromatic amines is 1. The second kappa shape index (κ2) is 3.70. The summed E-state index contributed by atoms with van der Waals surface area (Å²) < 4.78 is 4.25. The highest BCUT2D eigenvalue weighted by molar-refractivity contribution is 5.72. The van der Waals surface area contributed by atoms with E-state index in [0.717, 1.165) is 0 Å². The minimum atomic E-state index is -0.576. The molecule has 0 aromatic carbocycles. The summed E-state index contributed by atoms with van der Waals surface area (Å²) in [5, 5.41) is 5.98. The van der Waals surface area contributed by atoms with Gasteiger partial charge in [-0.05, 0) is 0 Å². The normalized spacial score (nSPS) is 9.75. The Morgan fingerprint density at radius 3 is 3.00 bits per heavy atom. The van der Waals surface area contributed by atoms with E-state index >= 15 is 0 Å². The number of nitrogens with one attached hydrogen (secondary N) is 2. The molecule has 0 saturated carbocycles. The van der Waals surface area contributed by atoms with Crippen molar-refractivity contribution in [3.05, 3.63) is 16.4 Å². The molecule has 0 atom stereocenters. The second-order valence-corrected chi connectivity index (χ2v) is 2.27. The van der Waals surface area contributed by atoms with E-state index in [9.17, 15) is 9.59 Å². The number of carbonyl (C=O) groups is 1. The summed E-state index contributed by atoms with van der Waals surface area (Å²) in [4.78, 5) is 23.2. The molecule has 0 bridgehead atoms. The predicted octanol–water partition coefficient (Wildman–Crippen LogP) is -0.959. The molecule has 0 fully saturated rings. The van der Waals surface area contributed by atoms with Gasteiger partial charge in [0.2, 0.25) is 5.91 Å². The van der Waals surface area contributed by atoms with Crippen LogP contribution in [0, 0.1) is 0 Å². The number of hydrogen-bond acceptors (Lipinski definition) is 4. The van der Waals surface area contributed by atoms with Crippen LogP contribution in [0.1, 0.15) is 12.7 Å². The van der Waals surface area contributed by atoms with Crippen molar-refractivity contribution in [1.29, 1.82) is 0 Å². The van der Waals surface area contributed by atoms with Crippen LogP contribution in [0.5, 0.6) is 0 Å². The zero-order valence-corrected chi connectivity index (χ0v) is 6.59. The third-order valence-electron chi connectivity index (χ3n) is 1.22. The van der Waals surface area contributed by atoms with Gasteiger partial charge in [-0.1, -0.05) is 5.16 Å². The van der Waals surface area contributed by atoms with E-state index < -0.39 is 5.76 Å². The molecule has 0 aliphatic heterocycles. The fourth-order valence-electron chi connectivity index (χ4n) is 0.725. The lowest BCUT2D eigenvalue weighted by Gasteiger charge is -1.96. The lowest BCUT2D eigenvalue weighted by atomic mass is 10.4. The quantitative estimate of drug-likeness (QED) is 0.613. The van der Waals surface area contributed by atoms with Gasteiger partial charge in [-0.2, -0.15) is 0 Å². The monoisotopic (exact) mass is 171 g/mol. The first-order valence-electron chi connectivity index (χ1n) is 3.48. The maximum atomic E-state index is 10.4. The zero-order valence-electron chi connectivity index (χ0n) is 6.59. The van der Waals surface area contributed by atoms with Crippen molar-refractivity contribution >= 4 is 5.91 Å². The summed E-state index contributed by atoms with van der Waals surface area (Å²) in [5.41, 5.74) is 0. The van der Waals surface area contributed by atoms with Crippen molar-refractivity contribution in [2.45, 2.75) is 13.3 Å². The summed E-state index contributed by atoms with van der Waals surface area (Å²) in [5.74, 6) is -0.248. The molecule has 1 aromatic heterocycles. The van der Waals surface area contributed by atoms with E-state index in [4.69, 9.17) is 0 Å². The first-order chi connectivity index (χ1) is 5.68. The number of rotatable bonds is 3. The Balaban J connectivity index is 2.33. The van der Waals surface area contributed by atoms with E-state index in [1.54, 1.807) is 0 Å². The fourth-order valence-corrected chi connectivity index (χ4v) is 0.725. The second-order valence-electron chi connectivity index (χ2n) is 2.27. The molecule has 0 aliphatic rings. The molecule has 0 saturated heterocycles. The molecule has 0 radical (unpaired) electrons. The van der Waals surface area contributed by atoms with E-state index in [0.29, 0.717) is 18.8 Å². The van der Waals surface area contributed by atoms with Crippen LogP contribution < -0.4 is 11.1 Å². The minimum Gasteiger partial charge on any atom is -0.356 e. The van der Waals surface area contributed by atoms with Gasteiger partial charge in [0.05, 0.1) is 0 Å². The van der Waals surface area contributed by atoms with Crippen LogP contribution in [0.25, 0.3) is 0 Å². The summed E-state index contributed by atoms with van der Waals surface area (Å²) in [7, 11) is 0. The Kier molecular flexibility index (Phi) is 2.62. The van der Waals surface area contributed by atoms with Crippen LogP contribution in [0.2, 0.25) is 0 Å². The van der Waals surface area contributed by atoms with Crippen LogP contribution in [0.3, 0.4) is 0 Å². The topological polar surface area (TPSA) is 88.0 Å². The summed E-state index contributed by atoms with van der Waals surface area (Å²) >= 11 is 0. The highest BCUT2D eigenvalue weighted by atomic mass is 16.5. The summed E-state index contributed by atoms with van der Waals surface area (Å²) in [6, 6.07) is 0. The largest absolute Gasteiger partial charge is 0.438 e. The Morgan fingerprint density at radius 1 is 1.75 bits per heavy atom. The molecule has 12 heavy (non-hydrogen) atoms. The number of nitrogens with zero attached hydrogens (tertiary/aromatic N) is 1. The van der Waals surface area contributed by atoms with Crippen LogP contribution >= 0.6 is 0 Å². The van der Waals surface area contributed by atoms with E-state index in [-0.39, 0.29) is 5.91 Å². The van der Waals surface area contributed by atoms with Gasteiger partial charge in [0, 0.05) is 19.9 Å². The third kappa shape index (κ3) is 2.57. The molecule has 6 nitrogen and oxygen atoms in total. The summed E-state index contributed by atoms with van der Waals surface area (Å²) in [6.45, 7) is 1.86. The highest BCUT2D eigenvalue weighted by Gasteiger charge is 1.99. The molecule has 2 N–H and O–H groups in total. The van der Waals surface area contributed by atoms with Gasteiger partial charge >= 0.3 is 5.76 Å². The molecule has 0 unspecified atom stereocenters. The van der Waals surface area contributed by atoms with Crippen LogP contribution in [0.4, 0.5) is 0 Å². The number of hydrogen-bond donors (Lipinski definition) is 2. The van der Waals surface area contributed by atoms with Gasteiger partial charge in [0.15, 0.2) is 5.82 Å². The van der Waals surface area contributed by atoms with E-state index in [1.807, 2.05) is 0 Å². The lowest BCUT2D eigenvalue weighted by molar-refractivity contribution is -0.118. The molecule has 0 spiro atoms. The van der Waals surface area contributed by atoms with Gasteiger partial charge in [0.25, 0.3) is 0 Å². The van der Waals surface area contributed by atoms with Crippen molar-refractivity contribution in [2.24, 2.45) is 0 Å². The number of amides is 1. The minimum absolute atomic E-state index is 0.110. The Bertz CT molecular complexity index is 314. The molecule has 1 heterocycles. The zero-order chi connectivity index (χ0) is 8.97. The lowest BCUT2D eigenvalue weighted by Crippen LogP contribution is -2.22. The maximum absolute atomic E-state index is 10.4. The molecule has 1 rings (SSSR count). The number of aromatic nitrogens is 2. The smallest absolute Gasteiger partial charge is 0.356 e. The average molecular weight is 171 g/mol. The standard InChI is InChI=1S/C6H9N3O3/c1-4(10)7-3-2-5-8-6(11)12-9-5/h2-3H2,1H3,(H,7,10)(H,8,9,11). The van der Waals surface area contributed by atoms with Crippen LogP contribution in [-0.4, -0.2) is 22.6 Å². The van der Waals surface area contributed by atoms with Gasteiger partial charge in [-0.3, -0.25) is 14.3 Å². The maximum Gasteiger partial charge on any atom is 0.438 e. The van der Waals surface area contributed by atoms with Crippen molar-refractivity contribution in [3.63, 3.8) is 0 Å². The first kappa shape index (κ1) is 8.51. The van der Waals surface area contributed by atoms with Gasteiger partial charge in [-0.15, -0.1) is 0 Å². The Labute approximate surface area is 67.9 Å². The molecule has 66 valence electrons. The van der Waals surface area contributed by atoms with Crippen molar-refractivity contribution < 1.29 is 9.32 Å². The highest BCUT2D eigenvalue weighted by Crippen LogP contribution is 1.83. The average Bonchev–Trinajstić information content (AvgIpc) is 2.35. The number of carbonyl (C=O) groups excluding carboxylic acids is 1. The Hall–Kier alpha value is -1.59. The molecular weight excluding hydrogens is 162 g/mol. The Morgan fingerprint density at radius 2 is 2.50 bits per heavy atom. The molecule has 6 heteroatoms.